The number of hydrogen-bond donors (Lipinski definition) is 0. The van der Waals surface area contributed by atoms with Gasteiger partial charge < -0.3 is 14.5 Å². The summed E-state index contributed by atoms with van der Waals surface area (Å²) in [5.41, 5.74) is 0.633. The Morgan fingerprint density at radius 2 is 1.50 bits per heavy atom. The Labute approximate surface area is 162 Å². The molecule has 0 spiro atoms. The minimum atomic E-state index is -1.05. The van der Waals surface area contributed by atoms with E-state index in [0.717, 1.165) is 18.6 Å². The molecule has 7 heteroatoms. The molecule has 1 saturated heterocycles. The zero-order valence-electron chi connectivity index (χ0n) is 15.7. The van der Waals surface area contributed by atoms with Gasteiger partial charge in [0.15, 0.2) is 11.6 Å². The van der Waals surface area contributed by atoms with Crippen LogP contribution in [-0.2, 0) is 0 Å². The van der Waals surface area contributed by atoms with Crippen molar-refractivity contribution in [1.29, 1.82) is 0 Å². The highest BCUT2D eigenvalue weighted by molar-refractivity contribution is 5.96. The molecule has 5 nitrogen and oxygen atoms in total. The minimum Gasteiger partial charge on any atom is -0.494 e. The van der Waals surface area contributed by atoms with Crippen LogP contribution in [-0.4, -0.2) is 54.4 Å². The second kappa shape index (κ2) is 8.82. The van der Waals surface area contributed by atoms with Crippen LogP contribution in [0.25, 0.3) is 0 Å². The van der Waals surface area contributed by atoms with Crippen LogP contribution in [0.4, 0.5) is 8.78 Å². The summed E-state index contributed by atoms with van der Waals surface area (Å²) in [4.78, 5) is 28.4. The van der Waals surface area contributed by atoms with Crippen molar-refractivity contribution in [3.8, 4) is 5.75 Å². The predicted octanol–water partition coefficient (Wildman–Crippen LogP) is 3.35. The Hall–Kier alpha value is -2.96. The van der Waals surface area contributed by atoms with Crippen molar-refractivity contribution in [2.75, 3.05) is 32.8 Å². The number of benzene rings is 2. The second-order valence-corrected chi connectivity index (χ2v) is 6.59. The average molecular weight is 388 g/mol. The fourth-order valence-electron chi connectivity index (χ4n) is 3.05. The molecule has 0 bridgehead atoms. The molecule has 0 saturated carbocycles. The third-order valence-corrected chi connectivity index (χ3v) is 4.57. The Kier molecular flexibility index (Phi) is 6.23. The van der Waals surface area contributed by atoms with E-state index in [0.29, 0.717) is 44.1 Å². The van der Waals surface area contributed by atoms with Gasteiger partial charge in [-0.05, 0) is 42.8 Å². The normalized spacial score (nSPS) is 14.1. The van der Waals surface area contributed by atoms with Crippen LogP contribution in [0.1, 0.15) is 34.1 Å². The van der Waals surface area contributed by atoms with E-state index in [9.17, 15) is 18.4 Å². The van der Waals surface area contributed by atoms with Crippen molar-refractivity contribution in [2.45, 2.75) is 13.3 Å². The molecule has 0 aliphatic carbocycles. The highest BCUT2D eigenvalue weighted by atomic mass is 19.2. The Morgan fingerprint density at radius 3 is 2.07 bits per heavy atom. The third-order valence-electron chi connectivity index (χ3n) is 4.57. The Bertz CT molecular complexity index is 864. The predicted molar refractivity (Wildman–Crippen MR) is 100 cm³/mol. The molecular formula is C21H22F2N2O3. The number of carbonyl (C=O) groups is 2. The van der Waals surface area contributed by atoms with Gasteiger partial charge in [0.25, 0.3) is 11.8 Å². The molecule has 2 aromatic rings. The molecule has 1 aliphatic rings. The van der Waals surface area contributed by atoms with E-state index in [1.807, 2.05) is 13.0 Å². The van der Waals surface area contributed by atoms with E-state index in [2.05, 4.69) is 0 Å². The van der Waals surface area contributed by atoms with Gasteiger partial charge >= 0.3 is 0 Å². The van der Waals surface area contributed by atoms with Crippen molar-refractivity contribution in [3.05, 3.63) is 65.2 Å². The number of carbonyl (C=O) groups excluding carboxylic acids is 2. The number of nitrogens with zero attached hydrogens (tertiary/aromatic N) is 2. The average Bonchev–Trinajstić information content (AvgIpc) is 2.73. The fourth-order valence-corrected chi connectivity index (χ4v) is 3.05. The maximum atomic E-state index is 13.4. The second-order valence-electron chi connectivity index (χ2n) is 6.59. The summed E-state index contributed by atoms with van der Waals surface area (Å²) in [5.74, 6) is -1.88. The lowest BCUT2D eigenvalue weighted by atomic mass is 10.1. The Morgan fingerprint density at radius 1 is 0.893 bits per heavy atom. The summed E-state index contributed by atoms with van der Waals surface area (Å²) >= 11 is 0. The molecule has 1 aliphatic heterocycles. The smallest absolute Gasteiger partial charge is 0.254 e. The van der Waals surface area contributed by atoms with Gasteiger partial charge in [-0.25, -0.2) is 8.78 Å². The molecule has 0 atom stereocenters. The van der Waals surface area contributed by atoms with Crippen LogP contribution < -0.4 is 4.74 Å². The maximum absolute atomic E-state index is 13.4. The summed E-state index contributed by atoms with van der Waals surface area (Å²) < 4.78 is 32.0. The first-order valence-electron chi connectivity index (χ1n) is 9.26. The number of ether oxygens (including phenoxy) is 1. The number of rotatable bonds is 5. The van der Waals surface area contributed by atoms with E-state index in [-0.39, 0.29) is 17.4 Å². The van der Waals surface area contributed by atoms with Gasteiger partial charge in [-0.1, -0.05) is 13.0 Å². The Balaban J connectivity index is 1.61. The number of hydrogen-bond acceptors (Lipinski definition) is 3. The summed E-state index contributed by atoms with van der Waals surface area (Å²) in [6, 6.07) is 10.1. The molecule has 28 heavy (non-hydrogen) atoms. The van der Waals surface area contributed by atoms with E-state index < -0.39 is 11.6 Å². The lowest BCUT2D eigenvalue weighted by Gasteiger charge is -2.35. The van der Waals surface area contributed by atoms with Gasteiger partial charge in [-0.2, -0.15) is 0 Å². The van der Waals surface area contributed by atoms with E-state index in [4.69, 9.17) is 4.74 Å². The van der Waals surface area contributed by atoms with Crippen LogP contribution in [0.2, 0.25) is 0 Å². The number of amides is 2. The van der Waals surface area contributed by atoms with Gasteiger partial charge in [-0.15, -0.1) is 0 Å². The molecule has 0 unspecified atom stereocenters. The van der Waals surface area contributed by atoms with Gasteiger partial charge in [0.2, 0.25) is 0 Å². The zero-order chi connectivity index (χ0) is 20.1. The number of halogens is 2. The highest BCUT2D eigenvalue weighted by Gasteiger charge is 2.26. The van der Waals surface area contributed by atoms with Gasteiger partial charge in [-0.3, -0.25) is 9.59 Å². The zero-order valence-corrected chi connectivity index (χ0v) is 15.7. The van der Waals surface area contributed by atoms with Gasteiger partial charge in [0.05, 0.1) is 6.61 Å². The van der Waals surface area contributed by atoms with Crippen molar-refractivity contribution in [3.63, 3.8) is 0 Å². The largest absolute Gasteiger partial charge is 0.494 e. The SMILES string of the molecule is CCCOc1cccc(C(=O)N2CCN(C(=O)c3ccc(F)c(F)c3)CC2)c1. The van der Waals surface area contributed by atoms with Crippen LogP contribution >= 0.6 is 0 Å². The first-order chi connectivity index (χ1) is 13.5. The van der Waals surface area contributed by atoms with Crippen molar-refractivity contribution in [2.24, 2.45) is 0 Å². The molecule has 0 aromatic heterocycles. The van der Waals surface area contributed by atoms with E-state index in [1.54, 1.807) is 23.1 Å². The lowest BCUT2D eigenvalue weighted by Crippen LogP contribution is -2.50. The van der Waals surface area contributed by atoms with Crippen LogP contribution in [0, 0.1) is 11.6 Å². The summed E-state index contributed by atoms with van der Waals surface area (Å²) in [6.45, 7) is 3.99. The van der Waals surface area contributed by atoms with E-state index in [1.165, 1.54) is 11.0 Å². The highest BCUT2D eigenvalue weighted by Crippen LogP contribution is 2.17. The monoisotopic (exact) mass is 388 g/mol. The summed E-state index contributed by atoms with van der Waals surface area (Å²) in [5, 5.41) is 0. The molecule has 0 radical (unpaired) electrons. The molecule has 2 aromatic carbocycles. The van der Waals surface area contributed by atoms with Gasteiger partial charge in [0.1, 0.15) is 5.75 Å². The molecule has 3 rings (SSSR count). The quantitative estimate of drug-likeness (QED) is 0.789. The minimum absolute atomic E-state index is 0.0967. The molecule has 2 amide bonds. The first kappa shape index (κ1) is 19.8. The molecule has 1 fully saturated rings. The van der Waals surface area contributed by atoms with E-state index >= 15 is 0 Å². The molecule has 148 valence electrons. The van der Waals surface area contributed by atoms with Gasteiger partial charge in [0, 0.05) is 37.3 Å². The fraction of sp³-hybridized carbons (Fsp3) is 0.333. The molecule has 0 N–H and O–H groups in total. The lowest BCUT2D eigenvalue weighted by molar-refractivity contribution is 0.0535. The van der Waals surface area contributed by atoms with Crippen LogP contribution in [0.15, 0.2) is 42.5 Å². The van der Waals surface area contributed by atoms with Crippen molar-refractivity contribution >= 4 is 11.8 Å². The number of piperazine rings is 1. The summed E-state index contributed by atoms with van der Waals surface area (Å²) in [6.07, 6.45) is 0.881. The molecular weight excluding hydrogens is 366 g/mol. The molecule has 1 heterocycles. The van der Waals surface area contributed by atoms with Crippen LogP contribution in [0.3, 0.4) is 0 Å². The standard InChI is InChI=1S/C21H22F2N2O3/c1-2-12-28-17-5-3-4-15(13-17)20(26)24-8-10-25(11-9-24)21(27)16-6-7-18(22)19(23)14-16/h3-7,13-14H,2,8-12H2,1H3. The maximum Gasteiger partial charge on any atom is 0.254 e. The first-order valence-corrected chi connectivity index (χ1v) is 9.26. The topological polar surface area (TPSA) is 49.9 Å². The van der Waals surface area contributed by atoms with Crippen LogP contribution in [0.5, 0.6) is 5.75 Å². The third kappa shape index (κ3) is 4.47. The van der Waals surface area contributed by atoms with Crippen molar-refractivity contribution < 1.29 is 23.1 Å². The summed E-state index contributed by atoms with van der Waals surface area (Å²) in [7, 11) is 0. The van der Waals surface area contributed by atoms with Crippen molar-refractivity contribution in [1.82, 2.24) is 9.80 Å².